The lowest BCUT2D eigenvalue weighted by Crippen LogP contribution is -2.32. The van der Waals surface area contributed by atoms with Gasteiger partial charge in [0.05, 0.1) is 9.95 Å². The summed E-state index contributed by atoms with van der Waals surface area (Å²) in [5.41, 5.74) is 0.223. The van der Waals surface area contributed by atoms with Crippen molar-refractivity contribution in [1.29, 1.82) is 0 Å². The van der Waals surface area contributed by atoms with Crippen molar-refractivity contribution < 1.29 is 9.72 Å². The molecule has 2 N–H and O–H groups in total. The van der Waals surface area contributed by atoms with Gasteiger partial charge in [-0.05, 0) is 24.8 Å². The van der Waals surface area contributed by atoms with E-state index in [-0.39, 0.29) is 27.9 Å². The number of carbonyl (C=O) groups is 1. The molecule has 0 aliphatic heterocycles. The van der Waals surface area contributed by atoms with Crippen LogP contribution in [-0.4, -0.2) is 24.4 Å². The van der Waals surface area contributed by atoms with Crippen LogP contribution in [0.2, 0.25) is 5.02 Å². The van der Waals surface area contributed by atoms with Gasteiger partial charge < -0.3 is 10.6 Å². The summed E-state index contributed by atoms with van der Waals surface area (Å²) in [6.07, 6.45) is 3.45. The topological polar surface area (TPSA) is 84.3 Å². The van der Waals surface area contributed by atoms with Gasteiger partial charge in [-0.2, -0.15) is 0 Å². The number of nitro groups is 1. The van der Waals surface area contributed by atoms with Gasteiger partial charge in [0.1, 0.15) is 5.69 Å². The third kappa shape index (κ3) is 3.01. The van der Waals surface area contributed by atoms with Crippen LogP contribution < -0.4 is 10.6 Å². The molecule has 0 unspecified atom stereocenters. The lowest BCUT2D eigenvalue weighted by Gasteiger charge is -2.25. The number of benzene rings is 1. The molecule has 7 heteroatoms. The zero-order chi connectivity index (χ0) is 14.7. The first-order valence-electron chi connectivity index (χ1n) is 6.46. The highest BCUT2D eigenvalue weighted by Crippen LogP contribution is 2.33. The Bertz CT molecular complexity index is 544. The highest BCUT2D eigenvalue weighted by Gasteiger charge is 2.22. The highest BCUT2D eigenvalue weighted by atomic mass is 35.5. The molecular formula is C13H16ClN3O3. The average molecular weight is 298 g/mol. The summed E-state index contributed by atoms with van der Waals surface area (Å²) in [5.74, 6) is 0.200. The summed E-state index contributed by atoms with van der Waals surface area (Å²) < 4.78 is 0. The smallest absolute Gasteiger partial charge is 0.294 e. The van der Waals surface area contributed by atoms with E-state index in [0.29, 0.717) is 12.5 Å². The molecule has 1 aliphatic carbocycles. The fourth-order valence-corrected chi connectivity index (χ4v) is 2.46. The molecule has 108 valence electrons. The SMILES string of the molecule is CNc1c(Cl)cc(C(=O)NCC2CCC2)cc1[N+](=O)[O-]. The van der Waals surface area contributed by atoms with Gasteiger partial charge in [0.25, 0.3) is 11.6 Å². The van der Waals surface area contributed by atoms with Gasteiger partial charge in [-0.1, -0.05) is 18.0 Å². The zero-order valence-electron chi connectivity index (χ0n) is 11.1. The summed E-state index contributed by atoms with van der Waals surface area (Å²) in [5, 5.41) is 16.6. The van der Waals surface area contributed by atoms with E-state index in [4.69, 9.17) is 11.6 Å². The molecule has 0 heterocycles. The van der Waals surface area contributed by atoms with Gasteiger partial charge in [-0.15, -0.1) is 0 Å². The number of nitrogens with zero attached hydrogens (tertiary/aromatic N) is 1. The summed E-state index contributed by atoms with van der Waals surface area (Å²) in [7, 11) is 1.55. The number of rotatable bonds is 5. The number of nitro benzene ring substituents is 1. The highest BCUT2D eigenvalue weighted by molar-refractivity contribution is 6.34. The van der Waals surface area contributed by atoms with Crippen LogP contribution in [0.3, 0.4) is 0 Å². The number of amides is 1. The molecule has 6 nitrogen and oxygen atoms in total. The van der Waals surface area contributed by atoms with E-state index in [1.807, 2.05) is 0 Å². The Balaban J connectivity index is 2.18. The molecule has 1 fully saturated rings. The minimum atomic E-state index is -0.555. The Morgan fingerprint density at radius 2 is 2.20 bits per heavy atom. The van der Waals surface area contributed by atoms with Crippen molar-refractivity contribution in [2.24, 2.45) is 5.92 Å². The predicted octanol–water partition coefficient (Wildman–Crippen LogP) is 2.82. The largest absolute Gasteiger partial charge is 0.381 e. The molecule has 1 saturated carbocycles. The van der Waals surface area contributed by atoms with Gasteiger partial charge in [0.2, 0.25) is 0 Å². The summed E-state index contributed by atoms with van der Waals surface area (Å²) >= 11 is 5.98. The molecule has 0 radical (unpaired) electrons. The maximum Gasteiger partial charge on any atom is 0.294 e. The molecule has 0 atom stereocenters. The summed E-state index contributed by atoms with van der Waals surface area (Å²) in [4.78, 5) is 22.5. The molecule has 20 heavy (non-hydrogen) atoms. The van der Waals surface area contributed by atoms with Gasteiger partial charge in [0, 0.05) is 25.2 Å². The molecule has 1 aromatic carbocycles. The van der Waals surface area contributed by atoms with E-state index in [9.17, 15) is 14.9 Å². The maximum absolute atomic E-state index is 12.0. The normalized spacial score (nSPS) is 14.5. The van der Waals surface area contributed by atoms with Gasteiger partial charge in [-0.25, -0.2) is 0 Å². The molecular weight excluding hydrogens is 282 g/mol. The molecule has 1 aliphatic rings. The van der Waals surface area contributed by atoms with E-state index >= 15 is 0 Å². The standard InChI is InChI=1S/C13H16ClN3O3/c1-15-12-10(14)5-9(6-11(12)17(19)20)13(18)16-7-8-3-2-4-8/h5-6,8,15H,2-4,7H2,1H3,(H,16,18). The van der Waals surface area contributed by atoms with Crippen molar-refractivity contribution in [3.8, 4) is 0 Å². The molecule has 1 aromatic rings. The number of hydrogen-bond donors (Lipinski definition) is 2. The minimum absolute atomic E-state index is 0.162. The molecule has 0 bridgehead atoms. The van der Waals surface area contributed by atoms with Crippen molar-refractivity contribution in [1.82, 2.24) is 5.32 Å². The lowest BCUT2D eigenvalue weighted by molar-refractivity contribution is -0.383. The van der Waals surface area contributed by atoms with Crippen molar-refractivity contribution in [3.05, 3.63) is 32.8 Å². The van der Waals surface area contributed by atoms with E-state index in [0.717, 1.165) is 12.8 Å². The average Bonchev–Trinajstić information content (AvgIpc) is 2.35. The molecule has 0 spiro atoms. The second-order valence-corrected chi connectivity index (χ2v) is 5.27. The first-order valence-corrected chi connectivity index (χ1v) is 6.84. The van der Waals surface area contributed by atoms with Crippen LogP contribution in [0, 0.1) is 16.0 Å². The van der Waals surface area contributed by atoms with Crippen LogP contribution >= 0.6 is 11.6 Å². The van der Waals surface area contributed by atoms with E-state index < -0.39 is 4.92 Å². The van der Waals surface area contributed by atoms with Crippen molar-refractivity contribution in [2.75, 3.05) is 18.9 Å². The van der Waals surface area contributed by atoms with E-state index in [2.05, 4.69) is 10.6 Å². The summed E-state index contributed by atoms with van der Waals surface area (Å²) in [6.45, 7) is 0.609. The second kappa shape index (κ2) is 6.09. The van der Waals surface area contributed by atoms with E-state index in [1.54, 1.807) is 7.05 Å². The van der Waals surface area contributed by atoms with Crippen molar-refractivity contribution in [3.63, 3.8) is 0 Å². The Labute approximate surface area is 121 Å². The Kier molecular flexibility index (Phi) is 4.44. The molecule has 0 aromatic heterocycles. The quantitative estimate of drug-likeness (QED) is 0.646. The molecule has 2 rings (SSSR count). The minimum Gasteiger partial charge on any atom is -0.381 e. The van der Waals surface area contributed by atoms with E-state index in [1.165, 1.54) is 18.6 Å². The number of carbonyl (C=O) groups excluding carboxylic acids is 1. The molecule has 1 amide bonds. The predicted molar refractivity (Wildman–Crippen MR) is 77.3 cm³/mol. The third-order valence-electron chi connectivity index (χ3n) is 3.55. The van der Waals surface area contributed by atoms with Crippen LogP contribution in [0.4, 0.5) is 11.4 Å². The fourth-order valence-electron chi connectivity index (χ4n) is 2.15. The van der Waals surface area contributed by atoms with Crippen LogP contribution in [0.15, 0.2) is 12.1 Å². The number of nitrogens with one attached hydrogen (secondary N) is 2. The van der Waals surface area contributed by atoms with Gasteiger partial charge in [0.15, 0.2) is 0 Å². The maximum atomic E-state index is 12.0. The number of hydrogen-bond acceptors (Lipinski definition) is 4. The number of halogens is 1. The fraction of sp³-hybridized carbons (Fsp3) is 0.462. The van der Waals surface area contributed by atoms with Crippen LogP contribution in [0.25, 0.3) is 0 Å². The Morgan fingerprint density at radius 3 is 2.70 bits per heavy atom. The van der Waals surface area contributed by atoms with Crippen LogP contribution in [0.1, 0.15) is 29.6 Å². The first kappa shape index (κ1) is 14.6. The van der Waals surface area contributed by atoms with Crippen LogP contribution in [0.5, 0.6) is 0 Å². The second-order valence-electron chi connectivity index (χ2n) is 4.87. The van der Waals surface area contributed by atoms with Gasteiger partial charge >= 0.3 is 0 Å². The Morgan fingerprint density at radius 1 is 1.50 bits per heavy atom. The Hall–Kier alpha value is -1.82. The lowest BCUT2D eigenvalue weighted by atomic mass is 9.85. The summed E-state index contributed by atoms with van der Waals surface area (Å²) in [6, 6.07) is 2.68. The van der Waals surface area contributed by atoms with Crippen LogP contribution in [-0.2, 0) is 0 Å². The third-order valence-corrected chi connectivity index (χ3v) is 3.85. The first-order chi connectivity index (χ1) is 9.52. The van der Waals surface area contributed by atoms with Crippen molar-refractivity contribution >= 4 is 28.9 Å². The van der Waals surface area contributed by atoms with Gasteiger partial charge in [-0.3, -0.25) is 14.9 Å². The molecule has 0 saturated heterocycles. The monoisotopic (exact) mass is 297 g/mol. The number of anilines is 1. The van der Waals surface area contributed by atoms with Crippen molar-refractivity contribution in [2.45, 2.75) is 19.3 Å². The zero-order valence-corrected chi connectivity index (χ0v) is 11.9.